The molecule has 1 saturated carbocycles. The predicted octanol–water partition coefficient (Wildman–Crippen LogP) is 2.90. The van der Waals surface area contributed by atoms with E-state index in [0.29, 0.717) is 34.4 Å². The van der Waals surface area contributed by atoms with E-state index < -0.39 is 30.9 Å². The van der Waals surface area contributed by atoms with E-state index in [1.54, 1.807) is 42.5 Å². The Balaban J connectivity index is 0.00000441. The monoisotopic (exact) mass is 572 g/mol. The molecule has 220 valence electrons. The van der Waals surface area contributed by atoms with Gasteiger partial charge in [0.05, 0.1) is 23.7 Å². The second-order valence-electron chi connectivity index (χ2n) is 11.3. The normalized spacial score (nSPS) is 21.6. The van der Waals surface area contributed by atoms with Gasteiger partial charge < -0.3 is 26.4 Å². The van der Waals surface area contributed by atoms with Crippen LogP contribution in [0.2, 0.25) is 0 Å². The van der Waals surface area contributed by atoms with Crippen LogP contribution in [0.4, 0.5) is 0 Å². The van der Waals surface area contributed by atoms with Crippen molar-refractivity contribution in [3.63, 3.8) is 0 Å². The van der Waals surface area contributed by atoms with E-state index in [-0.39, 0.29) is 43.8 Å². The Labute approximate surface area is 242 Å². The van der Waals surface area contributed by atoms with Crippen LogP contribution >= 0.6 is 13.5 Å². The number of benzene rings is 2. The maximum Gasteiger partial charge on any atom is 0.331 e. The summed E-state index contributed by atoms with van der Waals surface area (Å²) in [5, 5.41) is 34.9. The van der Waals surface area contributed by atoms with Gasteiger partial charge in [0.1, 0.15) is 12.3 Å². The zero-order chi connectivity index (χ0) is 28.3. The number of carbonyl (C=O) groups excluding carboxylic acids is 1. The largest absolute Gasteiger partial charge is 0.394 e. The van der Waals surface area contributed by atoms with E-state index in [4.69, 9.17) is 5.73 Å². The minimum atomic E-state index is -1.10. The number of nitrogens with zero attached hydrogens (tertiary/aromatic N) is 2. The Kier molecular flexibility index (Phi) is 11.0. The second-order valence-corrected chi connectivity index (χ2v) is 11.3. The second kappa shape index (κ2) is 13.8. The number of hydrogen-bond donors (Lipinski definition) is 5. The topological polar surface area (TPSA) is 143 Å². The van der Waals surface area contributed by atoms with Gasteiger partial charge in [-0.1, -0.05) is 57.5 Å². The van der Waals surface area contributed by atoms with Crippen molar-refractivity contribution in [2.75, 3.05) is 13.2 Å². The van der Waals surface area contributed by atoms with Crippen molar-refractivity contribution in [1.29, 1.82) is 0 Å². The lowest BCUT2D eigenvalue weighted by Crippen LogP contribution is -2.42. The lowest BCUT2D eigenvalue weighted by Gasteiger charge is -2.40. The summed E-state index contributed by atoms with van der Waals surface area (Å²) in [5.41, 5.74) is 7.37. The molecule has 1 amide bonds. The molecule has 2 aromatic carbocycles. The first-order chi connectivity index (χ1) is 18.7. The van der Waals surface area contributed by atoms with Crippen LogP contribution < -0.4 is 16.7 Å². The number of aliphatic hydroxyl groups excluding tert-OH is 3. The lowest BCUT2D eigenvalue weighted by molar-refractivity contribution is -0.0297. The van der Waals surface area contributed by atoms with E-state index in [0.717, 1.165) is 19.3 Å². The average molecular weight is 573 g/mol. The summed E-state index contributed by atoms with van der Waals surface area (Å²) in [5.74, 6) is 0.593. The van der Waals surface area contributed by atoms with E-state index >= 15 is 0 Å². The lowest BCUT2D eigenvalue weighted by atomic mass is 9.69. The van der Waals surface area contributed by atoms with E-state index in [1.165, 1.54) is 9.13 Å². The average Bonchev–Trinajstić information content (AvgIpc) is 3.21. The molecule has 10 heteroatoms. The van der Waals surface area contributed by atoms with Crippen LogP contribution in [-0.4, -0.2) is 49.6 Å². The summed E-state index contributed by atoms with van der Waals surface area (Å²) >= 11 is 0. The third kappa shape index (κ3) is 6.47. The highest BCUT2D eigenvalue weighted by Gasteiger charge is 2.37. The molecule has 0 aliphatic heterocycles. The van der Waals surface area contributed by atoms with Crippen molar-refractivity contribution in [2.45, 2.75) is 65.0 Å². The van der Waals surface area contributed by atoms with Crippen LogP contribution in [0.1, 0.15) is 68.3 Å². The molecule has 0 unspecified atom stereocenters. The van der Waals surface area contributed by atoms with Gasteiger partial charge in [-0.05, 0) is 54.4 Å². The predicted molar refractivity (Wildman–Crippen MR) is 161 cm³/mol. The molecular formula is C30H44N4O5S. The fourth-order valence-corrected chi connectivity index (χ4v) is 6.19. The molecule has 9 nitrogen and oxygen atoms in total. The molecule has 0 radical (unpaired) electrons. The van der Waals surface area contributed by atoms with E-state index in [9.17, 15) is 24.9 Å². The Morgan fingerprint density at radius 3 is 2.40 bits per heavy atom. The first kappa shape index (κ1) is 31.9. The fraction of sp³-hybridized carbons (Fsp3) is 0.533. The Hall–Kier alpha value is -2.63. The van der Waals surface area contributed by atoms with Gasteiger partial charge in [-0.3, -0.25) is 13.9 Å². The number of aromatic nitrogens is 2. The molecule has 6 atom stereocenters. The van der Waals surface area contributed by atoms with Crippen LogP contribution in [0.25, 0.3) is 11.0 Å². The highest BCUT2D eigenvalue weighted by molar-refractivity contribution is 7.59. The number of rotatable bonds is 10. The molecule has 0 spiro atoms. The zero-order valence-corrected chi connectivity index (χ0v) is 24.5. The molecule has 1 heterocycles. The molecule has 0 bridgehead atoms. The van der Waals surface area contributed by atoms with Crippen molar-refractivity contribution in [1.82, 2.24) is 14.5 Å². The Bertz CT molecular complexity index is 1320. The van der Waals surface area contributed by atoms with Gasteiger partial charge in [-0.25, -0.2) is 4.79 Å². The molecule has 6 N–H and O–H groups in total. The van der Waals surface area contributed by atoms with Gasteiger partial charge >= 0.3 is 5.69 Å². The summed E-state index contributed by atoms with van der Waals surface area (Å²) in [7, 11) is 0. The summed E-state index contributed by atoms with van der Waals surface area (Å²) in [6.45, 7) is 6.52. The number of hydrogen-bond acceptors (Lipinski definition) is 6. The molecular weight excluding hydrogens is 528 g/mol. The highest BCUT2D eigenvalue weighted by atomic mass is 32.1. The van der Waals surface area contributed by atoms with Crippen molar-refractivity contribution >= 4 is 30.4 Å². The summed E-state index contributed by atoms with van der Waals surface area (Å²) in [4.78, 5) is 26.8. The smallest absolute Gasteiger partial charge is 0.331 e. The third-order valence-corrected chi connectivity index (χ3v) is 8.33. The van der Waals surface area contributed by atoms with Gasteiger partial charge in [-0.15, -0.1) is 0 Å². The number of amides is 1. The fourth-order valence-electron chi connectivity index (χ4n) is 6.19. The molecule has 1 aliphatic carbocycles. The summed E-state index contributed by atoms with van der Waals surface area (Å²) in [6.07, 6.45) is 0.882. The Morgan fingerprint density at radius 2 is 1.77 bits per heavy atom. The number of imidazole rings is 1. The van der Waals surface area contributed by atoms with Crippen LogP contribution in [-0.2, 0) is 6.54 Å². The molecule has 1 aromatic heterocycles. The van der Waals surface area contributed by atoms with Crippen LogP contribution in [0, 0.1) is 23.7 Å². The molecule has 40 heavy (non-hydrogen) atoms. The molecule has 4 rings (SSSR count). The van der Waals surface area contributed by atoms with Crippen LogP contribution in [0.15, 0.2) is 53.3 Å². The molecule has 3 aromatic rings. The summed E-state index contributed by atoms with van der Waals surface area (Å²) < 4.78 is 2.97. The number of carbonyl (C=O) groups is 1. The van der Waals surface area contributed by atoms with Crippen molar-refractivity contribution in [3.8, 4) is 0 Å². The summed E-state index contributed by atoms with van der Waals surface area (Å²) in [6, 6.07) is 12.8. The Morgan fingerprint density at radius 1 is 1.07 bits per heavy atom. The highest BCUT2D eigenvalue weighted by Crippen LogP contribution is 2.43. The maximum atomic E-state index is 13.6. The van der Waals surface area contributed by atoms with Crippen molar-refractivity contribution < 1.29 is 20.1 Å². The maximum absolute atomic E-state index is 13.6. The number of nitrogens with one attached hydrogen (secondary N) is 1. The molecule has 1 fully saturated rings. The number of aliphatic hydroxyl groups is 3. The van der Waals surface area contributed by atoms with Gasteiger partial charge in [0, 0.05) is 24.6 Å². The number of nitrogens with two attached hydrogens (primary N) is 1. The zero-order valence-electron chi connectivity index (χ0n) is 23.5. The standard InChI is InChI=1S/C30H42N4O5.H2S/c1-18(2)22-11-9-19(3)15-23(22)29(38)34-25-12-10-21(16-26(25)33(14-13-31)30(34)39)28(37)32-24(17-35)27(36)20-7-5-4-6-8-20;/h4-8,10,12,16,18-19,22-24,27,29,35-36,38H,9,11,13-15,17,31H2,1-3H3,(H,32,37);1H2/t19-,22+,23-,24+,27+,29+;/m1./s1. The molecule has 0 saturated heterocycles. The first-order valence-electron chi connectivity index (χ1n) is 14.0. The number of fused-ring (bicyclic) bond motifs is 1. The minimum absolute atomic E-state index is 0. The minimum Gasteiger partial charge on any atom is -0.394 e. The van der Waals surface area contributed by atoms with Crippen LogP contribution in [0.3, 0.4) is 0 Å². The quantitative estimate of drug-likeness (QED) is 0.253. The van der Waals surface area contributed by atoms with Gasteiger partial charge in [-0.2, -0.15) is 13.5 Å². The SMILES string of the molecule is CC(C)[C@@H]1CC[C@@H](C)C[C@H]1[C@H](O)n1c(=O)n(CCN)c2cc(C(=O)N[C@@H](CO)[C@@H](O)c3ccccc3)ccc21.S. The van der Waals surface area contributed by atoms with E-state index in [1.807, 2.05) is 6.07 Å². The van der Waals surface area contributed by atoms with Crippen molar-refractivity contribution in [2.24, 2.45) is 29.4 Å². The van der Waals surface area contributed by atoms with Gasteiger partial charge in [0.25, 0.3) is 5.91 Å². The first-order valence-corrected chi connectivity index (χ1v) is 14.0. The van der Waals surface area contributed by atoms with Gasteiger partial charge in [0.15, 0.2) is 0 Å². The van der Waals surface area contributed by atoms with Crippen molar-refractivity contribution in [3.05, 3.63) is 70.1 Å². The third-order valence-electron chi connectivity index (χ3n) is 8.33. The van der Waals surface area contributed by atoms with Gasteiger partial charge in [0.2, 0.25) is 0 Å². The molecule has 1 aliphatic rings. The van der Waals surface area contributed by atoms with E-state index in [2.05, 4.69) is 26.1 Å². The van der Waals surface area contributed by atoms with Crippen LogP contribution in [0.5, 0.6) is 0 Å².